The van der Waals surface area contributed by atoms with Crippen molar-refractivity contribution in [2.24, 2.45) is 5.41 Å². The van der Waals surface area contributed by atoms with Gasteiger partial charge in [0.25, 0.3) is 0 Å². The van der Waals surface area contributed by atoms with Crippen molar-refractivity contribution < 1.29 is 5.11 Å². The van der Waals surface area contributed by atoms with E-state index in [-0.39, 0.29) is 16.4 Å². The van der Waals surface area contributed by atoms with Crippen LogP contribution in [0.3, 0.4) is 0 Å². The van der Waals surface area contributed by atoms with Crippen molar-refractivity contribution in [3.63, 3.8) is 0 Å². The van der Waals surface area contributed by atoms with Crippen molar-refractivity contribution in [3.8, 4) is 17.0 Å². The van der Waals surface area contributed by atoms with Gasteiger partial charge < -0.3 is 5.11 Å². The molecule has 0 unspecified atom stereocenters. The molecule has 0 saturated carbocycles. The lowest BCUT2D eigenvalue weighted by atomic mass is 9.75. The Bertz CT molecular complexity index is 950. The topological polar surface area (TPSA) is 46.0 Å². The first-order chi connectivity index (χ1) is 11.4. The zero-order valence-electron chi connectivity index (χ0n) is 13.8. The second kappa shape index (κ2) is 5.45. The summed E-state index contributed by atoms with van der Waals surface area (Å²) < 4.78 is 0. The quantitative estimate of drug-likeness (QED) is 0.622. The summed E-state index contributed by atoms with van der Waals surface area (Å²) in [4.78, 5) is 9.03. The fourth-order valence-corrected chi connectivity index (χ4v) is 3.81. The summed E-state index contributed by atoms with van der Waals surface area (Å²) in [5, 5.41) is 12.5. The van der Waals surface area contributed by atoms with Crippen LogP contribution in [0.1, 0.15) is 31.5 Å². The first-order valence-corrected chi connectivity index (χ1v) is 8.58. The van der Waals surface area contributed by atoms with Crippen molar-refractivity contribution in [1.82, 2.24) is 9.97 Å². The van der Waals surface area contributed by atoms with Crippen molar-refractivity contribution in [1.29, 1.82) is 0 Å². The van der Waals surface area contributed by atoms with Crippen molar-refractivity contribution in [2.45, 2.75) is 33.1 Å². The van der Waals surface area contributed by atoms with Crippen LogP contribution < -0.4 is 0 Å². The van der Waals surface area contributed by atoms with Gasteiger partial charge in [0.05, 0.1) is 5.69 Å². The molecule has 4 heteroatoms. The zero-order valence-corrected chi connectivity index (χ0v) is 14.6. The number of hydrogen-bond acceptors (Lipinski definition) is 3. The molecule has 3 nitrogen and oxygen atoms in total. The van der Waals surface area contributed by atoms with Gasteiger partial charge in [-0.15, -0.1) is 0 Å². The zero-order chi connectivity index (χ0) is 16.9. The summed E-state index contributed by atoms with van der Waals surface area (Å²) in [5.41, 5.74) is 4.20. The van der Waals surface area contributed by atoms with Crippen LogP contribution in [-0.2, 0) is 12.8 Å². The van der Waals surface area contributed by atoms with Gasteiger partial charge in [-0.3, -0.25) is 0 Å². The summed E-state index contributed by atoms with van der Waals surface area (Å²) in [6.07, 6.45) is 2.92. The van der Waals surface area contributed by atoms with Crippen molar-refractivity contribution in [3.05, 3.63) is 52.9 Å². The Kier molecular flexibility index (Phi) is 3.50. The Labute approximate surface area is 146 Å². The SMILES string of the molecule is CC1(C)CCc2c(nc(Cl)nc2-c2cc(O)cc3ccccc23)C1. The number of nitrogens with zero attached hydrogens (tertiary/aromatic N) is 2. The molecule has 24 heavy (non-hydrogen) atoms. The molecule has 0 radical (unpaired) electrons. The molecule has 1 aliphatic carbocycles. The molecular weight excluding hydrogens is 320 g/mol. The standard InChI is InChI=1S/C20H19ClN2O/c1-20(2)8-7-15-17(11-20)22-19(21)23-18(15)16-10-13(24)9-12-5-3-4-6-14(12)16/h3-6,9-10,24H,7-8,11H2,1-2H3. The molecule has 2 aromatic carbocycles. The van der Waals surface area contributed by atoms with Crippen LogP contribution in [0.5, 0.6) is 5.75 Å². The third-order valence-corrected chi connectivity index (χ3v) is 5.03. The van der Waals surface area contributed by atoms with Crippen LogP contribution in [0.15, 0.2) is 36.4 Å². The lowest BCUT2D eigenvalue weighted by Gasteiger charge is -2.31. The normalized spacial score (nSPS) is 16.1. The molecule has 0 aliphatic heterocycles. The van der Waals surface area contributed by atoms with E-state index < -0.39 is 0 Å². The minimum atomic E-state index is 0.225. The second-order valence-electron chi connectivity index (χ2n) is 7.32. The van der Waals surface area contributed by atoms with Crippen molar-refractivity contribution in [2.75, 3.05) is 0 Å². The first-order valence-electron chi connectivity index (χ1n) is 8.20. The molecule has 3 aromatic rings. The van der Waals surface area contributed by atoms with Crippen LogP contribution >= 0.6 is 11.6 Å². The number of halogens is 1. The van der Waals surface area contributed by atoms with Crippen LogP contribution in [0.25, 0.3) is 22.0 Å². The van der Waals surface area contributed by atoms with Gasteiger partial charge in [0, 0.05) is 16.8 Å². The molecule has 0 saturated heterocycles. The molecule has 0 spiro atoms. The van der Waals surface area contributed by atoms with Crippen LogP contribution in [-0.4, -0.2) is 15.1 Å². The predicted octanol–water partition coefficient (Wildman–Crippen LogP) is 5.17. The number of aromatic nitrogens is 2. The Morgan fingerprint density at radius 3 is 2.75 bits per heavy atom. The Balaban J connectivity index is 2.00. The minimum Gasteiger partial charge on any atom is -0.508 e. The minimum absolute atomic E-state index is 0.225. The number of fused-ring (bicyclic) bond motifs is 2. The largest absolute Gasteiger partial charge is 0.508 e. The van der Waals surface area contributed by atoms with Crippen LogP contribution in [0.2, 0.25) is 5.28 Å². The Morgan fingerprint density at radius 2 is 1.92 bits per heavy atom. The van der Waals surface area contributed by atoms with Gasteiger partial charge in [0.15, 0.2) is 0 Å². The van der Waals surface area contributed by atoms with Crippen molar-refractivity contribution >= 4 is 22.4 Å². The van der Waals surface area contributed by atoms with Crippen LogP contribution in [0.4, 0.5) is 0 Å². The summed E-state index contributed by atoms with van der Waals surface area (Å²) in [6.45, 7) is 4.52. The molecule has 1 heterocycles. The van der Waals surface area contributed by atoms with E-state index in [9.17, 15) is 5.11 Å². The fourth-order valence-electron chi connectivity index (χ4n) is 3.63. The maximum Gasteiger partial charge on any atom is 0.223 e. The van der Waals surface area contributed by atoms with Gasteiger partial charge in [-0.25, -0.2) is 9.97 Å². The Morgan fingerprint density at radius 1 is 1.12 bits per heavy atom. The summed E-state index contributed by atoms with van der Waals surface area (Å²) in [5.74, 6) is 0.239. The van der Waals surface area contributed by atoms with Gasteiger partial charge in [-0.1, -0.05) is 38.1 Å². The lowest BCUT2D eigenvalue weighted by molar-refractivity contribution is 0.310. The smallest absolute Gasteiger partial charge is 0.223 e. The number of hydrogen-bond donors (Lipinski definition) is 1. The molecule has 122 valence electrons. The lowest BCUT2D eigenvalue weighted by Crippen LogP contribution is -2.24. The highest BCUT2D eigenvalue weighted by Crippen LogP contribution is 2.40. The number of rotatable bonds is 1. The number of aromatic hydroxyl groups is 1. The maximum absolute atomic E-state index is 10.2. The summed E-state index contributed by atoms with van der Waals surface area (Å²) >= 11 is 6.23. The molecule has 0 fully saturated rings. The van der Waals surface area contributed by atoms with Crippen LogP contribution in [0, 0.1) is 5.41 Å². The number of phenols is 1. The van der Waals surface area contributed by atoms with E-state index >= 15 is 0 Å². The predicted molar refractivity (Wildman–Crippen MR) is 97.5 cm³/mol. The molecule has 0 amide bonds. The Hall–Kier alpha value is -2.13. The van der Waals surface area contributed by atoms with Gasteiger partial charge >= 0.3 is 0 Å². The molecular formula is C20H19ClN2O. The fraction of sp³-hybridized carbons (Fsp3) is 0.300. The van der Waals surface area contributed by atoms with Gasteiger partial charge in [0.1, 0.15) is 5.75 Å². The second-order valence-corrected chi connectivity index (χ2v) is 7.66. The molecule has 1 aromatic heterocycles. The highest BCUT2D eigenvalue weighted by Gasteiger charge is 2.29. The molecule has 4 rings (SSSR count). The molecule has 0 bridgehead atoms. The molecule has 1 aliphatic rings. The van der Waals surface area contributed by atoms with E-state index in [1.807, 2.05) is 18.2 Å². The molecule has 0 atom stereocenters. The van der Waals surface area contributed by atoms with E-state index in [2.05, 4.69) is 29.9 Å². The van der Waals surface area contributed by atoms with Gasteiger partial charge in [0.2, 0.25) is 5.28 Å². The third-order valence-electron chi connectivity index (χ3n) is 4.86. The highest BCUT2D eigenvalue weighted by atomic mass is 35.5. The number of benzene rings is 2. The average Bonchev–Trinajstić information content (AvgIpc) is 2.52. The number of phenolic OH excluding ortho intramolecular Hbond substituents is 1. The van der Waals surface area contributed by atoms with Gasteiger partial charge in [-0.2, -0.15) is 0 Å². The van der Waals surface area contributed by atoms with E-state index in [1.54, 1.807) is 12.1 Å². The third kappa shape index (κ3) is 2.63. The maximum atomic E-state index is 10.2. The van der Waals surface area contributed by atoms with E-state index in [0.29, 0.717) is 0 Å². The summed E-state index contributed by atoms with van der Waals surface area (Å²) in [6, 6.07) is 11.6. The first kappa shape index (κ1) is 15.4. The summed E-state index contributed by atoms with van der Waals surface area (Å²) in [7, 11) is 0. The highest BCUT2D eigenvalue weighted by molar-refractivity contribution is 6.28. The van der Waals surface area contributed by atoms with E-state index in [4.69, 9.17) is 11.6 Å². The monoisotopic (exact) mass is 338 g/mol. The van der Waals surface area contributed by atoms with E-state index in [0.717, 1.165) is 52.5 Å². The average molecular weight is 339 g/mol. The molecule has 1 N–H and O–H groups in total. The van der Waals surface area contributed by atoms with E-state index in [1.165, 1.54) is 0 Å². The van der Waals surface area contributed by atoms with Gasteiger partial charge in [-0.05, 0) is 59.2 Å².